The summed E-state index contributed by atoms with van der Waals surface area (Å²) in [7, 11) is 1.50. The summed E-state index contributed by atoms with van der Waals surface area (Å²) in [6.45, 7) is 1.11. The molecule has 1 aliphatic rings. The van der Waals surface area contributed by atoms with Crippen LogP contribution in [0, 0.1) is 0 Å². The van der Waals surface area contributed by atoms with Crippen LogP contribution in [0.1, 0.15) is 35.2 Å². The van der Waals surface area contributed by atoms with Gasteiger partial charge in [-0.25, -0.2) is 13.8 Å². The fourth-order valence-corrected chi connectivity index (χ4v) is 3.74. The fourth-order valence-electron chi connectivity index (χ4n) is 2.73. The van der Waals surface area contributed by atoms with E-state index in [4.69, 9.17) is 0 Å². The van der Waals surface area contributed by atoms with Crippen LogP contribution in [-0.2, 0) is 0 Å². The monoisotopic (exact) mass is 341 g/mol. The maximum atomic E-state index is 13.4. The summed E-state index contributed by atoms with van der Waals surface area (Å²) in [5.41, 5.74) is 0.526. The van der Waals surface area contributed by atoms with Crippen LogP contribution in [0.15, 0.2) is 11.4 Å². The van der Waals surface area contributed by atoms with Gasteiger partial charge in [-0.05, 0) is 18.9 Å². The minimum absolute atomic E-state index is 0.101. The number of fused-ring (bicyclic) bond motifs is 1. The Morgan fingerprint density at radius 3 is 2.78 bits per heavy atom. The van der Waals surface area contributed by atoms with Crippen molar-refractivity contribution in [2.24, 2.45) is 0 Å². The first-order chi connectivity index (χ1) is 11.0. The van der Waals surface area contributed by atoms with Gasteiger partial charge in [0.05, 0.1) is 21.9 Å². The summed E-state index contributed by atoms with van der Waals surface area (Å²) >= 11 is 1.11. The van der Waals surface area contributed by atoms with Gasteiger partial charge in [0.2, 0.25) is 0 Å². The summed E-state index contributed by atoms with van der Waals surface area (Å²) in [5.74, 6) is 0.0958. The summed E-state index contributed by atoms with van der Waals surface area (Å²) in [5, 5.41) is 13.7. The van der Waals surface area contributed by atoms with E-state index in [1.807, 2.05) is 4.90 Å². The third-order valence-electron chi connectivity index (χ3n) is 4.03. The van der Waals surface area contributed by atoms with Crippen molar-refractivity contribution in [2.75, 3.05) is 25.0 Å². The molecule has 0 unspecified atom stereocenters. The molecule has 8 heteroatoms. The zero-order valence-corrected chi connectivity index (χ0v) is 13.4. The number of anilines is 1. The Morgan fingerprint density at radius 2 is 2.17 bits per heavy atom. The van der Waals surface area contributed by atoms with Crippen molar-refractivity contribution >= 4 is 33.3 Å². The number of aromatic nitrogens is 1. The number of piperidine rings is 1. The van der Waals surface area contributed by atoms with E-state index in [0.717, 1.165) is 11.3 Å². The molecule has 0 aromatic carbocycles. The Labute approximate surface area is 135 Å². The zero-order chi connectivity index (χ0) is 16.6. The van der Waals surface area contributed by atoms with Crippen LogP contribution in [0.3, 0.4) is 0 Å². The summed E-state index contributed by atoms with van der Waals surface area (Å²) in [6.07, 6.45) is -1.83. The number of rotatable bonds is 3. The highest BCUT2D eigenvalue weighted by molar-refractivity contribution is 7.17. The number of pyridine rings is 1. The summed E-state index contributed by atoms with van der Waals surface area (Å²) < 4.78 is 27.2. The lowest BCUT2D eigenvalue weighted by Gasteiger charge is -2.30. The molecule has 0 radical (unpaired) electrons. The Hall–Kier alpha value is -1.80. The molecule has 0 aliphatic carbocycles. The Kier molecular flexibility index (Phi) is 4.45. The number of nitrogens with zero attached hydrogens (tertiary/aromatic N) is 2. The van der Waals surface area contributed by atoms with Crippen LogP contribution in [0.25, 0.3) is 10.2 Å². The number of aliphatic hydroxyl groups excluding tert-OH is 1. The Balaban J connectivity index is 2.10. The van der Waals surface area contributed by atoms with Gasteiger partial charge in [-0.3, -0.25) is 4.79 Å². The molecule has 124 valence electrons. The first-order valence-corrected chi connectivity index (χ1v) is 8.24. The smallest absolute Gasteiger partial charge is 0.265 e. The zero-order valence-electron chi connectivity index (χ0n) is 12.6. The predicted molar refractivity (Wildman–Crippen MR) is 85.4 cm³/mol. The molecule has 0 bridgehead atoms. The molecule has 1 aliphatic heterocycles. The van der Waals surface area contributed by atoms with E-state index < -0.39 is 6.43 Å². The molecule has 5 nitrogen and oxygen atoms in total. The third-order valence-corrected chi connectivity index (χ3v) is 5.05. The summed E-state index contributed by atoms with van der Waals surface area (Å²) in [6, 6.07) is 1.40. The van der Waals surface area contributed by atoms with Crippen molar-refractivity contribution < 1.29 is 18.7 Å². The molecule has 2 N–H and O–H groups in total. The predicted octanol–water partition coefficient (Wildman–Crippen LogP) is 2.55. The van der Waals surface area contributed by atoms with Gasteiger partial charge in [0.25, 0.3) is 12.3 Å². The van der Waals surface area contributed by atoms with Gasteiger partial charge in [-0.2, -0.15) is 0 Å². The number of alkyl halides is 2. The molecule has 1 fully saturated rings. The molecule has 0 spiro atoms. The number of carbonyl (C=O) groups excluding carboxylic acids is 1. The number of carbonyl (C=O) groups is 1. The van der Waals surface area contributed by atoms with E-state index >= 15 is 0 Å². The summed E-state index contributed by atoms with van der Waals surface area (Å²) in [4.78, 5) is 18.3. The molecule has 2 aromatic heterocycles. The number of aliphatic hydroxyl groups is 1. The number of halogens is 2. The van der Waals surface area contributed by atoms with Crippen molar-refractivity contribution in [3.8, 4) is 0 Å². The maximum Gasteiger partial charge on any atom is 0.265 e. The van der Waals surface area contributed by atoms with Crippen molar-refractivity contribution in [3.05, 3.63) is 22.6 Å². The minimum Gasteiger partial charge on any atom is -0.393 e. The largest absolute Gasteiger partial charge is 0.393 e. The van der Waals surface area contributed by atoms with E-state index in [1.54, 1.807) is 5.38 Å². The van der Waals surface area contributed by atoms with Crippen molar-refractivity contribution in [3.63, 3.8) is 0 Å². The third kappa shape index (κ3) is 3.00. The van der Waals surface area contributed by atoms with Crippen LogP contribution < -0.4 is 10.2 Å². The first kappa shape index (κ1) is 16.1. The van der Waals surface area contributed by atoms with E-state index in [9.17, 15) is 18.7 Å². The van der Waals surface area contributed by atoms with Gasteiger partial charge < -0.3 is 15.3 Å². The highest BCUT2D eigenvalue weighted by Crippen LogP contribution is 2.36. The van der Waals surface area contributed by atoms with Gasteiger partial charge in [-0.15, -0.1) is 11.3 Å². The molecular weight excluding hydrogens is 324 g/mol. The molecule has 1 saturated heterocycles. The van der Waals surface area contributed by atoms with E-state index in [1.165, 1.54) is 13.1 Å². The number of nitrogens with one attached hydrogen (secondary N) is 1. The molecule has 0 atom stereocenters. The van der Waals surface area contributed by atoms with E-state index in [2.05, 4.69) is 10.3 Å². The molecule has 23 heavy (non-hydrogen) atoms. The van der Waals surface area contributed by atoms with Gasteiger partial charge in [0.1, 0.15) is 5.82 Å². The van der Waals surface area contributed by atoms with Gasteiger partial charge in [0, 0.05) is 31.1 Å². The first-order valence-electron chi connectivity index (χ1n) is 7.36. The topological polar surface area (TPSA) is 65.5 Å². The standard InChI is InChI=1S/C15H17F2N3O2S/c1-18-15(22)10-7-23-13-9(14(16)17)6-11(19-12(10)13)20-4-2-8(21)3-5-20/h6-8,14,21H,2-5H2,1H3,(H,18,22). The Bertz CT molecular complexity index is 727. The van der Waals surface area contributed by atoms with Gasteiger partial charge >= 0.3 is 0 Å². The lowest BCUT2D eigenvalue weighted by Crippen LogP contribution is -2.36. The number of hydrogen-bond donors (Lipinski definition) is 2. The minimum atomic E-state index is -2.63. The maximum absolute atomic E-state index is 13.4. The average molecular weight is 341 g/mol. The lowest BCUT2D eigenvalue weighted by atomic mass is 10.1. The molecular formula is C15H17F2N3O2S. The SMILES string of the molecule is CNC(=O)c1csc2c(C(F)F)cc(N3CCC(O)CC3)nc12. The second-order valence-electron chi connectivity index (χ2n) is 5.49. The van der Waals surface area contributed by atoms with Crippen LogP contribution >= 0.6 is 11.3 Å². The van der Waals surface area contributed by atoms with Crippen molar-refractivity contribution in [1.82, 2.24) is 10.3 Å². The Morgan fingerprint density at radius 1 is 1.48 bits per heavy atom. The van der Waals surface area contributed by atoms with Crippen molar-refractivity contribution in [2.45, 2.75) is 25.4 Å². The fraction of sp³-hybridized carbons (Fsp3) is 0.467. The van der Waals surface area contributed by atoms with Crippen LogP contribution in [0.4, 0.5) is 14.6 Å². The second-order valence-corrected chi connectivity index (χ2v) is 6.37. The molecule has 3 heterocycles. The average Bonchev–Trinajstić information content (AvgIpc) is 2.97. The van der Waals surface area contributed by atoms with Crippen LogP contribution in [0.2, 0.25) is 0 Å². The van der Waals surface area contributed by atoms with E-state index in [0.29, 0.717) is 47.5 Å². The number of hydrogen-bond acceptors (Lipinski definition) is 5. The van der Waals surface area contributed by atoms with Gasteiger partial charge in [-0.1, -0.05) is 0 Å². The quantitative estimate of drug-likeness (QED) is 0.900. The normalized spacial score (nSPS) is 16.3. The van der Waals surface area contributed by atoms with E-state index in [-0.39, 0.29) is 17.6 Å². The molecule has 3 rings (SSSR count). The highest BCUT2D eigenvalue weighted by atomic mass is 32.1. The molecule has 1 amide bonds. The number of amides is 1. The van der Waals surface area contributed by atoms with Crippen molar-refractivity contribution in [1.29, 1.82) is 0 Å². The molecule has 2 aromatic rings. The lowest BCUT2D eigenvalue weighted by molar-refractivity contribution is 0.0965. The number of thiophene rings is 1. The van der Waals surface area contributed by atoms with Gasteiger partial charge in [0.15, 0.2) is 0 Å². The molecule has 0 saturated carbocycles. The van der Waals surface area contributed by atoms with Crippen LogP contribution in [-0.4, -0.2) is 42.2 Å². The second kappa shape index (κ2) is 6.37. The highest BCUT2D eigenvalue weighted by Gasteiger charge is 2.24. The van der Waals surface area contributed by atoms with Crippen LogP contribution in [0.5, 0.6) is 0 Å².